The van der Waals surface area contributed by atoms with Crippen LogP contribution in [-0.4, -0.2) is 95.9 Å². The third kappa shape index (κ3) is 10.8. The summed E-state index contributed by atoms with van der Waals surface area (Å²) in [5, 5.41) is 6.22. The highest BCUT2D eigenvalue weighted by atomic mass is 16.2. The maximum absolute atomic E-state index is 13.3. The standard InChI is InChI=1S/C47H66N8O2/c1-11-14-15-16-17-36-37(19-21-47(57)49-23-25-55(9)10)45-29-43-35(18-20-46(56)48-22-24-54(7)8)32(6)40(52-43)27-42-33(12-2)30(4)38(50-42)26-41-34(13-3)31(5)39(51-41)28-44(36)53-45/h12-13,26-29,36-37,51-52H,2-3,11,14-25H2,1,4-10H3,(H,48,56)(H,49,57). The number of hydrogen-bond donors (Lipinski definition) is 4. The molecule has 2 amide bonds. The Labute approximate surface area is 340 Å². The molecular weight excluding hydrogens is 709 g/mol. The minimum Gasteiger partial charge on any atom is -0.355 e. The van der Waals surface area contributed by atoms with Gasteiger partial charge in [-0.15, -0.1) is 0 Å². The van der Waals surface area contributed by atoms with E-state index in [0.717, 1.165) is 111 Å². The van der Waals surface area contributed by atoms with Gasteiger partial charge < -0.3 is 30.4 Å². The second kappa shape index (κ2) is 20.1. The smallest absolute Gasteiger partial charge is 0.220 e. The molecule has 10 nitrogen and oxygen atoms in total. The molecule has 306 valence electrons. The predicted molar refractivity (Wildman–Crippen MR) is 238 cm³/mol. The van der Waals surface area contributed by atoms with Crippen LogP contribution in [0.5, 0.6) is 0 Å². The molecule has 2 atom stereocenters. The number of carbonyl (C=O) groups is 2. The summed E-state index contributed by atoms with van der Waals surface area (Å²) in [6, 6.07) is 8.64. The lowest BCUT2D eigenvalue weighted by atomic mass is 9.82. The average Bonchev–Trinajstić information content (AvgIpc) is 3.84. The zero-order valence-corrected chi connectivity index (χ0v) is 35.8. The third-order valence-electron chi connectivity index (χ3n) is 11.6. The number of aryl methyl sites for hydroxylation is 3. The minimum atomic E-state index is 0.0305. The summed E-state index contributed by atoms with van der Waals surface area (Å²) in [6.07, 6.45) is 11.4. The van der Waals surface area contributed by atoms with E-state index >= 15 is 0 Å². The highest BCUT2D eigenvalue weighted by Crippen LogP contribution is 2.44. The Balaban J connectivity index is 1.74. The van der Waals surface area contributed by atoms with E-state index in [1.807, 2.05) is 40.3 Å². The molecule has 0 aromatic carbocycles. The van der Waals surface area contributed by atoms with E-state index in [-0.39, 0.29) is 23.7 Å². The van der Waals surface area contributed by atoms with Gasteiger partial charge in [0.05, 0.1) is 11.4 Å². The molecule has 8 bridgehead atoms. The SMILES string of the molecule is C=CC1=C(C)c2cc3[nH]c(cc4nc(cc5[nH]c(cc1n2)c(C)c5CCC(=O)NCCN(C)C)C(CCC(=O)NCCN(C)C)C4CCCCCC)c(C)c3C=C. The van der Waals surface area contributed by atoms with Crippen molar-refractivity contribution >= 4 is 51.1 Å². The summed E-state index contributed by atoms with van der Waals surface area (Å²) in [5.74, 6) is 0.282. The number of H-pyrrole nitrogens is 2. The molecule has 0 fully saturated rings. The first-order chi connectivity index (χ1) is 27.3. The van der Waals surface area contributed by atoms with Crippen LogP contribution in [0.2, 0.25) is 0 Å². The topological polar surface area (TPSA) is 122 Å². The summed E-state index contributed by atoms with van der Waals surface area (Å²) in [6.45, 7) is 19.7. The molecule has 57 heavy (non-hydrogen) atoms. The van der Waals surface area contributed by atoms with Crippen molar-refractivity contribution in [2.75, 3.05) is 54.4 Å². The fourth-order valence-electron chi connectivity index (χ4n) is 8.16. The van der Waals surface area contributed by atoms with Crippen LogP contribution in [0.15, 0.2) is 43.5 Å². The molecule has 2 unspecified atom stereocenters. The molecule has 10 heteroatoms. The molecule has 0 saturated heterocycles. The Morgan fingerprint density at radius 1 is 0.719 bits per heavy atom. The maximum Gasteiger partial charge on any atom is 0.220 e. The molecule has 0 radical (unpaired) electrons. The second-order valence-electron chi connectivity index (χ2n) is 16.3. The van der Waals surface area contributed by atoms with E-state index in [4.69, 9.17) is 9.97 Å². The van der Waals surface area contributed by atoms with Gasteiger partial charge in [0.25, 0.3) is 0 Å². The van der Waals surface area contributed by atoms with Crippen molar-refractivity contribution < 1.29 is 9.59 Å². The van der Waals surface area contributed by atoms with Crippen molar-refractivity contribution in [3.8, 4) is 0 Å². The van der Waals surface area contributed by atoms with Crippen molar-refractivity contribution in [1.29, 1.82) is 0 Å². The lowest BCUT2D eigenvalue weighted by molar-refractivity contribution is -0.122. The van der Waals surface area contributed by atoms with E-state index in [2.05, 4.69) is 95.5 Å². The Morgan fingerprint density at radius 3 is 1.95 bits per heavy atom. The van der Waals surface area contributed by atoms with Gasteiger partial charge in [0.1, 0.15) is 0 Å². The van der Waals surface area contributed by atoms with Gasteiger partial charge in [0, 0.05) is 95.4 Å². The van der Waals surface area contributed by atoms with Crippen molar-refractivity contribution in [3.05, 3.63) is 88.5 Å². The van der Waals surface area contributed by atoms with Gasteiger partial charge in [-0.3, -0.25) is 14.6 Å². The normalized spacial score (nSPS) is 15.4. The molecule has 5 heterocycles. The first-order valence-electron chi connectivity index (χ1n) is 20.9. The molecule has 0 spiro atoms. The molecule has 3 aromatic heterocycles. The van der Waals surface area contributed by atoms with E-state index in [1.54, 1.807) is 0 Å². The monoisotopic (exact) mass is 775 g/mol. The number of carbonyl (C=O) groups excluding carboxylic acids is 2. The zero-order valence-electron chi connectivity index (χ0n) is 35.8. The zero-order chi connectivity index (χ0) is 41.2. The summed E-state index contributed by atoms with van der Waals surface area (Å²) in [5.41, 5.74) is 13.9. The maximum atomic E-state index is 13.3. The van der Waals surface area contributed by atoms with E-state index in [9.17, 15) is 9.59 Å². The molecule has 5 rings (SSSR count). The van der Waals surface area contributed by atoms with Crippen LogP contribution in [0, 0.1) is 13.8 Å². The minimum absolute atomic E-state index is 0.0305. The van der Waals surface area contributed by atoms with Crippen molar-refractivity contribution in [2.45, 2.75) is 97.3 Å². The van der Waals surface area contributed by atoms with Gasteiger partial charge in [0.2, 0.25) is 11.8 Å². The van der Waals surface area contributed by atoms with Crippen molar-refractivity contribution in [1.82, 2.24) is 40.4 Å². The number of fused-ring (bicyclic) bond motifs is 8. The Kier molecular flexibility index (Phi) is 15.2. The number of hydrogen-bond acceptors (Lipinski definition) is 6. The molecule has 0 aliphatic carbocycles. The summed E-state index contributed by atoms with van der Waals surface area (Å²) in [7, 11) is 8.04. The van der Waals surface area contributed by atoms with Gasteiger partial charge in [-0.05, 0) is 115 Å². The quantitative estimate of drug-likeness (QED) is 0.0906. The van der Waals surface area contributed by atoms with Gasteiger partial charge in [-0.1, -0.05) is 57.9 Å². The number of aromatic amines is 2. The first kappa shape index (κ1) is 43.3. The average molecular weight is 775 g/mol. The number of likely N-dealkylation sites (N-methyl/N-ethyl adjacent to an activating group) is 2. The Morgan fingerprint density at radius 2 is 1.32 bits per heavy atom. The van der Waals surface area contributed by atoms with E-state index < -0.39 is 0 Å². The Hall–Kier alpha value is -4.80. The highest BCUT2D eigenvalue weighted by molar-refractivity contribution is 5.97. The second-order valence-corrected chi connectivity index (χ2v) is 16.3. The highest BCUT2D eigenvalue weighted by Gasteiger charge is 2.32. The fraction of sp³-hybridized carbons (Fsp3) is 0.489. The van der Waals surface area contributed by atoms with Crippen LogP contribution in [0.4, 0.5) is 0 Å². The first-order valence-corrected chi connectivity index (χ1v) is 20.9. The lowest BCUT2D eigenvalue weighted by Crippen LogP contribution is -2.31. The van der Waals surface area contributed by atoms with Crippen LogP contribution in [0.1, 0.15) is 122 Å². The number of aromatic nitrogens is 4. The molecule has 2 aliphatic heterocycles. The van der Waals surface area contributed by atoms with Gasteiger partial charge in [-0.2, -0.15) is 0 Å². The van der Waals surface area contributed by atoms with Crippen LogP contribution in [0.25, 0.3) is 39.3 Å². The van der Waals surface area contributed by atoms with Gasteiger partial charge >= 0.3 is 0 Å². The van der Waals surface area contributed by atoms with Crippen LogP contribution in [0.3, 0.4) is 0 Å². The van der Waals surface area contributed by atoms with Crippen LogP contribution < -0.4 is 10.6 Å². The fourth-order valence-corrected chi connectivity index (χ4v) is 8.16. The van der Waals surface area contributed by atoms with E-state index in [1.165, 1.54) is 12.8 Å². The molecule has 2 aliphatic rings. The number of nitrogens with one attached hydrogen (secondary N) is 4. The number of unbranched alkanes of at least 4 members (excludes halogenated alkanes) is 3. The molecule has 3 aromatic rings. The van der Waals surface area contributed by atoms with Gasteiger partial charge in [-0.25, -0.2) is 4.98 Å². The number of rotatable bonds is 19. The summed E-state index contributed by atoms with van der Waals surface area (Å²) in [4.78, 5) is 48.6. The summed E-state index contributed by atoms with van der Waals surface area (Å²) >= 11 is 0. The number of allylic oxidation sites excluding steroid dienone is 3. The van der Waals surface area contributed by atoms with Gasteiger partial charge in [0.15, 0.2) is 0 Å². The Bertz CT molecular complexity index is 2140. The molecule has 4 N–H and O–H groups in total. The largest absolute Gasteiger partial charge is 0.355 e. The predicted octanol–water partition coefficient (Wildman–Crippen LogP) is 8.60. The van der Waals surface area contributed by atoms with Crippen LogP contribution >= 0.6 is 0 Å². The molecule has 0 saturated carbocycles. The summed E-state index contributed by atoms with van der Waals surface area (Å²) < 4.78 is 0. The number of nitrogens with zero attached hydrogens (tertiary/aromatic N) is 4. The van der Waals surface area contributed by atoms with Crippen LogP contribution in [-0.2, 0) is 16.0 Å². The molecular formula is C47H66N8O2. The van der Waals surface area contributed by atoms with E-state index in [0.29, 0.717) is 38.8 Å². The third-order valence-corrected chi connectivity index (χ3v) is 11.6. The number of amides is 2. The lowest BCUT2D eigenvalue weighted by Gasteiger charge is -2.20. The van der Waals surface area contributed by atoms with Crippen molar-refractivity contribution in [2.24, 2.45) is 0 Å². The van der Waals surface area contributed by atoms with Crippen molar-refractivity contribution in [3.63, 3.8) is 0 Å².